The van der Waals surface area contributed by atoms with Gasteiger partial charge in [0.2, 0.25) is 11.8 Å². The highest BCUT2D eigenvalue weighted by Crippen LogP contribution is 2.32. The third-order valence-electron chi connectivity index (χ3n) is 4.66. The molecule has 2 heterocycles. The Morgan fingerprint density at radius 3 is 2.45 bits per heavy atom. The zero-order valence-electron chi connectivity index (χ0n) is 15.9. The summed E-state index contributed by atoms with van der Waals surface area (Å²) in [6, 6.07) is 5.29. The van der Waals surface area contributed by atoms with E-state index in [9.17, 15) is 18.0 Å². The van der Waals surface area contributed by atoms with Crippen LogP contribution in [-0.2, 0) is 11.0 Å². The van der Waals surface area contributed by atoms with Crippen molar-refractivity contribution >= 4 is 12.0 Å². The Hall–Kier alpha value is -3.04. The van der Waals surface area contributed by atoms with Crippen LogP contribution >= 0.6 is 0 Å². The number of amides is 1. The summed E-state index contributed by atoms with van der Waals surface area (Å²) < 4.78 is 52.9. The maximum atomic E-state index is 12.6. The van der Waals surface area contributed by atoms with Crippen LogP contribution in [-0.4, -0.2) is 48.3 Å². The molecule has 29 heavy (non-hydrogen) atoms. The van der Waals surface area contributed by atoms with Crippen molar-refractivity contribution in [2.75, 3.05) is 27.3 Å². The predicted octanol–water partition coefficient (Wildman–Crippen LogP) is 3.53. The van der Waals surface area contributed by atoms with E-state index in [1.807, 2.05) is 0 Å². The van der Waals surface area contributed by atoms with Crippen LogP contribution in [0, 0.1) is 0 Å². The molecule has 0 bridgehead atoms. The summed E-state index contributed by atoms with van der Waals surface area (Å²) in [5, 5.41) is 6.56. The summed E-state index contributed by atoms with van der Waals surface area (Å²) in [5.74, 6) is -0.708. The van der Waals surface area contributed by atoms with Crippen molar-refractivity contribution in [1.82, 2.24) is 15.1 Å². The number of carbonyl (C=O) groups excluding carboxylic acids is 1. The van der Waals surface area contributed by atoms with Crippen LogP contribution in [0.25, 0.3) is 6.08 Å². The Balaban J connectivity index is 1.57. The van der Waals surface area contributed by atoms with Crippen molar-refractivity contribution < 1.29 is 31.9 Å². The number of methoxy groups -OCH3 is 2. The minimum atomic E-state index is -4.66. The van der Waals surface area contributed by atoms with E-state index in [-0.39, 0.29) is 17.7 Å². The van der Waals surface area contributed by atoms with E-state index in [2.05, 4.69) is 10.2 Å². The lowest BCUT2D eigenvalue weighted by molar-refractivity contribution is -0.157. The summed E-state index contributed by atoms with van der Waals surface area (Å²) in [4.78, 5) is 14.0. The minimum absolute atomic E-state index is 0.0368. The van der Waals surface area contributed by atoms with Gasteiger partial charge >= 0.3 is 12.1 Å². The number of nitrogens with zero attached hydrogens (tertiary/aromatic N) is 3. The highest BCUT2D eigenvalue weighted by molar-refractivity contribution is 5.92. The molecule has 0 atom stereocenters. The highest BCUT2D eigenvalue weighted by atomic mass is 19.4. The molecule has 156 valence electrons. The number of benzene rings is 1. The van der Waals surface area contributed by atoms with E-state index in [1.165, 1.54) is 13.2 Å². The van der Waals surface area contributed by atoms with Gasteiger partial charge in [-0.1, -0.05) is 6.07 Å². The lowest BCUT2D eigenvalue weighted by Crippen LogP contribution is -2.36. The van der Waals surface area contributed by atoms with Crippen LogP contribution in [0.2, 0.25) is 0 Å². The molecule has 10 heteroatoms. The summed E-state index contributed by atoms with van der Waals surface area (Å²) in [5.41, 5.74) is 0.774. The van der Waals surface area contributed by atoms with Crippen molar-refractivity contribution in [2.45, 2.75) is 24.9 Å². The fraction of sp³-hybridized carbons (Fsp3) is 0.421. The Morgan fingerprint density at radius 2 is 1.86 bits per heavy atom. The third-order valence-corrected chi connectivity index (χ3v) is 4.66. The molecule has 1 amide bonds. The molecule has 1 saturated heterocycles. The number of rotatable bonds is 5. The van der Waals surface area contributed by atoms with Gasteiger partial charge in [-0.25, -0.2) is 0 Å². The molecule has 0 N–H and O–H groups in total. The average molecular weight is 411 g/mol. The molecular weight excluding hydrogens is 391 g/mol. The average Bonchev–Trinajstić information content (AvgIpc) is 3.22. The Morgan fingerprint density at radius 1 is 1.17 bits per heavy atom. The number of halogens is 3. The largest absolute Gasteiger partial charge is 0.493 e. The number of alkyl halides is 3. The molecule has 2 aromatic rings. The van der Waals surface area contributed by atoms with E-state index in [0.29, 0.717) is 37.4 Å². The van der Waals surface area contributed by atoms with Crippen LogP contribution in [0.1, 0.15) is 36.1 Å². The Bertz CT molecular complexity index is 887. The Kier molecular flexibility index (Phi) is 6.09. The molecule has 0 spiro atoms. The maximum Gasteiger partial charge on any atom is 0.470 e. The van der Waals surface area contributed by atoms with Gasteiger partial charge in [0.1, 0.15) is 0 Å². The topological polar surface area (TPSA) is 77.7 Å². The van der Waals surface area contributed by atoms with Gasteiger partial charge in [-0.3, -0.25) is 4.79 Å². The summed E-state index contributed by atoms with van der Waals surface area (Å²) >= 11 is 0. The number of likely N-dealkylation sites (tertiary alicyclic amines) is 1. The van der Waals surface area contributed by atoms with Gasteiger partial charge < -0.3 is 18.8 Å². The third kappa shape index (κ3) is 4.87. The number of hydrogen-bond acceptors (Lipinski definition) is 6. The van der Waals surface area contributed by atoms with E-state index >= 15 is 0 Å². The lowest BCUT2D eigenvalue weighted by Gasteiger charge is -2.29. The molecule has 1 aromatic heterocycles. The summed E-state index contributed by atoms with van der Waals surface area (Å²) in [6.07, 6.45) is -0.623. The molecule has 7 nitrogen and oxygen atoms in total. The zero-order valence-corrected chi connectivity index (χ0v) is 15.9. The molecule has 3 rings (SSSR count). The fourth-order valence-corrected chi connectivity index (χ4v) is 3.09. The van der Waals surface area contributed by atoms with Gasteiger partial charge in [0.05, 0.1) is 14.2 Å². The second kappa shape index (κ2) is 8.54. The number of hydrogen-bond donors (Lipinski definition) is 0. The summed E-state index contributed by atoms with van der Waals surface area (Å²) in [7, 11) is 3.07. The van der Waals surface area contributed by atoms with Crippen LogP contribution in [0.15, 0.2) is 28.7 Å². The molecule has 1 aromatic carbocycles. The minimum Gasteiger partial charge on any atom is -0.493 e. The quantitative estimate of drug-likeness (QED) is 0.701. The molecule has 0 aliphatic carbocycles. The van der Waals surface area contributed by atoms with E-state index < -0.39 is 12.1 Å². The van der Waals surface area contributed by atoms with Crippen molar-refractivity contribution in [3.05, 3.63) is 41.6 Å². The smallest absolute Gasteiger partial charge is 0.470 e. The second-order valence-corrected chi connectivity index (χ2v) is 6.49. The lowest BCUT2D eigenvalue weighted by atomic mass is 9.97. The number of carbonyl (C=O) groups is 1. The van der Waals surface area contributed by atoms with Gasteiger partial charge in [0, 0.05) is 25.1 Å². The van der Waals surface area contributed by atoms with Crippen molar-refractivity contribution in [3.8, 4) is 11.5 Å². The molecule has 0 saturated carbocycles. The molecule has 0 unspecified atom stereocenters. The number of piperidine rings is 1. The van der Waals surface area contributed by atoms with Gasteiger partial charge in [0.25, 0.3) is 0 Å². The molecule has 1 aliphatic heterocycles. The standard InChI is InChI=1S/C19H20F3N3O4/c1-27-14-5-3-12(11-15(14)28-2)4-6-16(26)25-9-7-13(8-10-25)17-23-24-18(29-17)19(20,21)22/h3-6,11,13H,7-10H2,1-2H3/b6-4+. The van der Waals surface area contributed by atoms with Gasteiger partial charge in [0.15, 0.2) is 11.5 Å². The zero-order chi connectivity index (χ0) is 21.0. The first kappa shape index (κ1) is 20.7. The van der Waals surface area contributed by atoms with Crippen LogP contribution < -0.4 is 9.47 Å². The monoisotopic (exact) mass is 411 g/mol. The fourth-order valence-electron chi connectivity index (χ4n) is 3.09. The first-order valence-corrected chi connectivity index (χ1v) is 8.91. The predicted molar refractivity (Wildman–Crippen MR) is 96.4 cm³/mol. The van der Waals surface area contributed by atoms with Crippen LogP contribution in [0.5, 0.6) is 11.5 Å². The number of ether oxygens (including phenoxy) is 2. The number of aromatic nitrogens is 2. The Labute approximate surface area is 165 Å². The molecule has 1 aliphatic rings. The van der Waals surface area contributed by atoms with Crippen molar-refractivity contribution in [1.29, 1.82) is 0 Å². The van der Waals surface area contributed by atoms with Crippen LogP contribution in [0.4, 0.5) is 13.2 Å². The van der Waals surface area contributed by atoms with Gasteiger partial charge in [-0.15, -0.1) is 10.2 Å². The van der Waals surface area contributed by atoms with Gasteiger partial charge in [-0.05, 0) is 36.6 Å². The molecule has 1 fully saturated rings. The first-order chi connectivity index (χ1) is 13.8. The second-order valence-electron chi connectivity index (χ2n) is 6.49. The summed E-state index contributed by atoms with van der Waals surface area (Å²) in [6.45, 7) is 0.785. The van der Waals surface area contributed by atoms with E-state index in [0.717, 1.165) is 5.56 Å². The first-order valence-electron chi connectivity index (χ1n) is 8.91. The van der Waals surface area contributed by atoms with Crippen LogP contribution in [0.3, 0.4) is 0 Å². The van der Waals surface area contributed by atoms with Crippen molar-refractivity contribution in [2.24, 2.45) is 0 Å². The highest BCUT2D eigenvalue weighted by Gasteiger charge is 2.39. The normalized spacial score (nSPS) is 15.7. The SMILES string of the molecule is COc1ccc(/C=C/C(=O)N2CCC(c3nnc(C(F)(F)F)o3)CC2)cc1OC. The van der Waals surface area contributed by atoms with Gasteiger partial charge in [-0.2, -0.15) is 13.2 Å². The van der Waals surface area contributed by atoms with Crippen molar-refractivity contribution in [3.63, 3.8) is 0 Å². The van der Waals surface area contributed by atoms with E-state index in [4.69, 9.17) is 13.9 Å². The molecular formula is C19H20F3N3O4. The molecule has 0 radical (unpaired) electrons. The van der Waals surface area contributed by atoms with E-state index in [1.54, 1.807) is 36.3 Å². The maximum absolute atomic E-state index is 12.6.